The highest BCUT2D eigenvalue weighted by molar-refractivity contribution is 7.91. The summed E-state index contributed by atoms with van der Waals surface area (Å²) in [5.41, 5.74) is 2.21. The number of carbonyl (C=O) groups excluding carboxylic acids is 1. The van der Waals surface area contributed by atoms with E-state index in [0.29, 0.717) is 28.8 Å². The van der Waals surface area contributed by atoms with Crippen LogP contribution in [0.5, 0.6) is 0 Å². The molecule has 0 saturated carbocycles. The molecule has 0 atom stereocenters. The van der Waals surface area contributed by atoms with Crippen molar-refractivity contribution in [3.05, 3.63) is 52.5 Å². The molecule has 0 bridgehead atoms. The lowest BCUT2D eigenvalue weighted by Gasteiger charge is -2.24. The SMILES string of the molecule is CCN(CC)CCN(C(=O)c1ccc(S(=O)(=O)CC)cc1)c1nc2c(C)ccc(Cl)c2s1.Cl. The van der Waals surface area contributed by atoms with E-state index < -0.39 is 9.84 Å². The smallest absolute Gasteiger partial charge is 0.260 e. The van der Waals surface area contributed by atoms with E-state index in [4.69, 9.17) is 16.6 Å². The third-order valence-corrected chi connectivity index (χ3v) is 8.83. The van der Waals surface area contributed by atoms with Crippen molar-refractivity contribution in [2.45, 2.75) is 32.6 Å². The van der Waals surface area contributed by atoms with E-state index in [1.807, 2.05) is 19.1 Å². The van der Waals surface area contributed by atoms with E-state index in [-0.39, 0.29) is 29.0 Å². The minimum atomic E-state index is -3.32. The summed E-state index contributed by atoms with van der Waals surface area (Å²) in [5, 5.41) is 1.19. The fourth-order valence-electron chi connectivity index (χ4n) is 3.40. The van der Waals surface area contributed by atoms with Gasteiger partial charge in [-0.3, -0.25) is 9.69 Å². The van der Waals surface area contributed by atoms with Gasteiger partial charge >= 0.3 is 0 Å². The topological polar surface area (TPSA) is 70.6 Å². The van der Waals surface area contributed by atoms with Gasteiger partial charge < -0.3 is 4.90 Å². The molecule has 0 radical (unpaired) electrons. The Morgan fingerprint density at radius 2 is 1.67 bits per heavy atom. The predicted octanol–water partition coefficient (Wildman–Crippen LogP) is 5.46. The number of hydrogen-bond donors (Lipinski definition) is 0. The van der Waals surface area contributed by atoms with E-state index in [1.54, 1.807) is 24.0 Å². The molecule has 2 aromatic carbocycles. The molecule has 0 aliphatic heterocycles. The first-order valence-corrected chi connectivity index (χ1v) is 13.5. The maximum Gasteiger partial charge on any atom is 0.260 e. The fraction of sp³-hybridized carbons (Fsp3) is 0.391. The lowest BCUT2D eigenvalue weighted by atomic mass is 10.2. The number of amides is 1. The van der Waals surface area contributed by atoms with Crippen LogP contribution in [-0.4, -0.2) is 56.1 Å². The number of thiazole rings is 1. The van der Waals surface area contributed by atoms with Crippen molar-refractivity contribution >= 4 is 66.4 Å². The molecule has 0 aliphatic carbocycles. The van der Waals surface area contributed by atoms with E-state index in [1.165, 1.54) is 23.5 Å². The van der Waals surface area contributed by atoms with Crippen molar-refractivity contribution in [3.8, 4) is 0 Å². The van der Waals surface area contributed by atoms with Gasteiger partial charge in [0.15, 0.2) is 15.0 Å². The Hall–Kier alpha value is -1.71. The molecule has 33 heavy (non-hydrogen) atoms. The highest BCUT2D eigenvalue weighted by atomic mass is 35.5. The van der Waals surface area contributed by atoms with Crippen molar-refractivity contribution in [1.29, 1.82) is 0 Å². The number of hydrogen-bond acceptors (Lipinski definition) is 6. The maximum absolute atomic E-state index is 13.5. The molecular weight excluding hydrogens is 501 g/mol. The molecule has 1 heterocycles. The molecule has 0 fully saturated rings. The molecule has 0 N–H and O–H groups in total. The van der Waals surface area contributed by atoms with Gasteiger partial charge in [-0.2, -0.15) is 0 Å². The third-order valence-electron chi connectivity index (χ3n) is 5.54. The number of nitrogens with zero attached hydrogens (tertiary/aromatic N) is 3. The summed E-state index contributed by atoms with van der Waals surface area (Å²) in [6, 6.07) is 9.89. The van der Waals surface area contributed by atoms with Gasteiger partial charge in [-0.15, -0.1) is 12.4 Å². The number of sulfone groups is 1. The van der Waals surface area contributed by atoms with E-state index in [9.17, 15) is 13.2 Å². The molecule has 180 valence electrons. The van der Waals surface area contributed by atoms with Crippen LogP contribution in [0, 0.1) is 6.92 Å². The van der Waals surface area contributed by atoms with Crippen molar-refractivity contribution < 1.29 is 13.2 Å². The molecule has 1 aromatic heterocycles. The average Bonchev–Trinajstić information content (AvgIpc) is 3.25. The van der Waals surface area contributed by atoms with Crippen molar-refractivity contribution in [2.24, 2.45) is 0 Å². The van der Waals surface area contributed by atoms with Crippen LogP contribution in [-0.2, 0) is 9.84 Å². The van der Waals surface area contributed by atoms with Crippen LogP contribution >= 0.6 is 35.3 Å². The summed E-state index contributed by atoms with van der Waals surface area (Å²) in [6.07, 6.45) is 0. The zero-order chi connectivity index (χ0) is 23.5. The van der Waals surface area contributed by atoms with E-state index in [0.717, 1.165) is 28.9 Å². The second kappa shape index (κ2) is 11.6. The molecular formula is C23H29Cl2N3O3S2. The standard InChI is InChI=1S/C23H28ClN3O3S2.ClH/c1-5-26(6-2)14-15-27(23-25-20-16(4)8-13-19(24)21(20)31-23)22(28)17-9-11-18(12-10-17)32(29,30)7-3;/h8-13H,5-7,14-15H2,1-4H3;1H. The summed E-state index contributed by atoms with van der Waals surface area (Å²) in [5.74, 6) is -0.201. The van der Waals surface area contributed by atoms with Crippen molar-refractivity contribution in [1.82, 2.24) is 9.88 Å². The van der Waals surface area contributed by atoms with Crippen LogP contribution in [0.25, 0.3) is 10.2 Å². The molecule has 6 nitrogen and oxygen atoms in total. The van der Waals surface area contributed by atoms with E-state index in [2.05, 4.69) is 18.7 Å². The van der Waals surface area contributed by atoms with Gasteiger partial charge in [0.1, 0.15) is 0 Å². The summed E-state index contributed by atoms with van der Waals surface area (Å²) in [6.45, 7) is 10.7. The maximum atomic E-state index is 13.5. The number of anilines is 1. The molecule has 0 aliphatic rings. The van der Waals surface area contributed by atoms with Crippen LogP contribution in [0.1, 0.15) is 36.7 Å². The van der Waals surface area contributed by atoms with Gasteiger partial charge in [0.05, 0.1) is 25.9 Å². The number of carbonyl (C=O) groups is 1. The van der Waals surface area contributed by atoms with Gasteiger partial charge in [-0.05, 0) is 55.9 Å². The predicted molar refractivity (Wildman–Crippen MR) is 140 cm³/mol. The Morgan fingerprint density at radius 1 is 1.03 bits per heavy atom. The number of likely N-dealkylation sites (N-methyl/N-ethyl adjacent to an activating group) is 1. The average molecular weight is 531 g/mol. The van der Waals surface area contributed by atoms with Crippen LogP contribution < -0.4 is 4.90 Å². The van der Waals surface area contributed by atoms with Crippen LogP contribution in [0.2, 0.25) is 5.02 Å². The van der Waals surface area contributed by atoms with Gasteiger partial charge in [0.2, 0.25) is 0 Å². The Balaban J connectivity index is 0.00000385. The molecule has 3 rings (SSSR count). The zero-order valence-corrected chi connectivity index (χ0v) is 22.4. The molecule has 0 unspecified atom stereocenters. The first-order valence-electron chi connectivity index (χ1n) is 10.6. The minimum absolute atomic E-state index is 0. The monoisotopic (exact) mass is 529 g/mol. The Labute approximate surface area is 210 Å². The molecule has 3 aromatic rings. The third kappa shape index (κ3) is 6.05. The lowest BCUT2D eigenvalue weighted by Crippen LogP contribution is -2.38. The molecule has 1 amide bonds. The van der Waals surface area contributed by atoms with Crippen molar-refractivity contribution in [2.75, 3.05) is 36.8 Å². The molecule has 10 heteroatoms. The lowest BCUT2D eigenvalue weighted by molar-refractivity contribution is 0.0983. The summed E-state index contributed by atoms with van der Waals surface area (Å²) < 4.78 is 25.1. The minimum Gasteiger partial charge on any atom is -0.302 e. The zero-order valence-electron chi connectivity index (χ0n) is 19.2. The van der Waals surface area contributed by atoms with Crippen LogP contribution in [0.15, 0.2) is 41.3 Å². The highest BCUT2D eigenvalue weighted by Crippen LogP contribution is 2.36. The summed E-state index contributed by atoms with van der Waals surface area (Å²) in [7, 11) is -3.32. The number of aromatic nitrogens is 1. The fourth-order valence-corrected chi connectivity index (χ4v) is 5.62. The summed E-state index contributed by atoms with van der Waals surface area (Å²) >= 11 is 7.79. The normalized spacial score (nSPS) is 11.6. The van der Waals surface area contributed by atoms with Gasteiger partial charge in [0, 0.05) is 18.7 Å². The number of benzene rings is 2. The second-order valence-corrected chi connectivity index (χ2v) is 11.1. The number of aryl methyl sites for hydroxylation is 1. The van der Waals surface area contributed by atoms with E-state index >= 15 is 0 Å². The number of halogens is 2. The highest BCUT2D eigenvalue weighted by Gasteiger charge is 2.23. The van der Waals surface area contributed by atoms with Crippen LogP contribution in [0.3, 0.4) is 0 Å². The van der Waals surface area contributed by atoms with Crippen LogP contribution in [0.4, 0.5) is 5.13 Å². The Bertz CT molecular complexity index is 1170. The quantitative estimate of drug-likeness (QED) is 0.367. The largest absolute Gasteiger partial charge is 0.302 e. The number of fused-ring (bicyclic) bond motifs is 1. The first kappa shape index (κ1) is 27.5. The second-order valence-electron chi connectivity index (χ2n) is 7.45. The Kier molecular flexibility index (Phi) is 9.70. The Morgan fingerprint density at radius 3 is 2.21 bits per heavy atom. The number of rotatable bonds is 9. The van der Waals surface area contributed by atoms with Gasteiger partial charge in [0.25, 0.3) is 5.91 Å². The molecule has 0 spiro atoms. The van der Waals surface area contributed by atoms with Gasteiger partial charge in [-0.25, -0.2) is 13.4 Å². The van der Waals surface area contributed by atoms with Crippen molar-refractivity contribution in [3.63, 3.8) is 0 Å². The first-order chi connectivity index (χ1) is 15.2. The summed E-state index contributed by atoms with van der Waals surface area (Å²) in [4.78, 5) is 22.4. The molecule has 0 saturated heterocycles. The van der Waals surface area contributed by atoms with Gasteiger partial charge in [-0.1, -0.05) is 49.8 Å².